The van der Waals surface area contributed by atoms with Crippen LogP contribution >= 0.6 is 0 Å². The summed E-state index contributed by atoms with van der Waals surface area (Å²) in [7, 11) is -3.43. The molecule has 10 nitrogen and oxygen atoms in total. The number of primary amides is 1. The van der Waals surface area contributed by atoms with E-state index in [0.717, 1.165) is 24.5 Å². The fraction of sp³-hybridized carbons (Fsp3) is 0.618. The fourth-order valence-corrected chi connectivity index (χ4v) is 6.78. The second kappa shape index (κ2) is 17.8. The highest BCUT2D eigenvalue weighted by Crippen LogP contribution is 2.45. The van der Waals surface area contributed by atoms with Gasteiger partial charge in [0.25, 0.3) is 0 Å². The lowest BCUT2D eigenvalue weighted by Crippen LogP contribution is -2.55. The Morgan fingerprint density at radius 1 is 1.06 bits per heavy atom. The van der Waals surface area contributed by atoms with Crippen LogP contribution in [0.4, 0.5) is 8.78 Å². The van der Waals surface area contributed by atoms with Crippen molar-refractivity contribution >= 4 is 27.6 Å². The number of benzene rings is 1. The summed E-state index contributed by atoms with van der Waals surface area (Å²) in [6, 6.07) is 1.98. The lowest BCUT2D eigenvalue weighted by Gasteiger charge is -2.45. The van der Waals surface area contributed by atoms with Crippen molar-refractivity contribution in [3.8, 4) is 0 Å². The van der Waals surface area contributed by atoms with Gasteiger partial charge in [0.05, 0.1) is 23.3 Å². The van der Waals surface area contributed by atoms with Gasteiger partial charge < -0.3 is 26.4 Å². The topological polar surface area (TPSA) is 159 Å². The highest BCUT2D eigenvalue weighted by molar-refractivity contribution is 7.90. The van der Waals surface area contributed by atoms with Crippen molar-refractivity contribution in [1.82, 2.24) is 15.5 Å². The molecule has 5 N–H and O–H groups in total. The van der Waals surface area contributed by atoms with Gasteiger partial charge in [0.1, 0.15) is 21.5 Å². The van der Waals surface area contributed by atoms with Gasteiger partial charge in [-0.3, -0.25) is 14.4 Å². The van der Waals surface area contributed by atoms with E-state index in [1.165, 1.54) is 0 Å². The van der Waals surface area contributed by atoms with Crippen LogP contribution in [0.3, 0.4) is 0 Å². The minimum Gasteiger partial charge on any atom is -0.391 e. The van der Waals surface area contributed by atoms with Gasteiger partial charge in [-0.1, -0.05) is 45.4 Å². The molecule has 0 heterocycles. The van der Waals surface area contributed by atoms with E-state index in [0.29, 0.717) is 38.0 Å². The largest absolute Gasteiger partial charge is 0.391 e. The molecule has 1 aromatic carbocycles. The minimum absolute atomic E-state index is 0.0757. The molecule has 1 aliphatic carbocycles. The van der Waals surface area contributed by atoms with E-state index in [-0.39, 0.29) is 54.5 Å². The molecule has 2 rings (SSSR count). The maximum Gasteiger partial charge on any atom is 0.244 e. The second-order valence-corrected chi connectivity index (χ2v) is 15.4. The summed E-state index contributed by atoms with van der Waals surface area (Å²) < 4.78 is 52.8. The fourth-order valence-electron chi connectivity index (χ4n) is 6.12. The second-order valence-electron chi connectivity index (χ2n) is 13.1. The third-order valence-corrected chi connectivity index (χ3v) is 9.19. The quantitative estimate of drug-likeness (QED) is 0.175. The van der Waals surface area contributed by atoms with Crippen molar-refractivity contribution in [3.63, 3.8) is 0 Å². The predicted octanol–water partition coefficient (Wildman–Crippen LogP) is 3.05. The Labute approximate surface area is 278 Å². The molecule has 1 aromatic rings. The van der Waals surface area contributed by atoms with E-state index in [9.17, 15) is 36.7 Å². The standard InChI is InChI=1S/C34H52F2N4O6S/c1-7-10-40(11-8-2)33(44)34(18-23(5)13-25(19-34)31(37)42)28(16-24-14-26(35)17-27(36)15-24)30(41)21-38-29(9-12-47(6,45)46)32(43)39-20-22(3)4/h13-15,17-18,22,28-30,38,41H,7-12,16,19-21H2,1-6H3,(H2,37,42)(H,39,43)/t28-,29+,30+,34?/m1/s1. The Kier molecular flexibility index (Phi) is 15.2. The number of carbonyl (C=O) groups is 3. The molecule has 0 bridgehead atoms. The van der Waals surface area contributed by atoms with Crippen LogP contribution in [0, 0.1) is 28.9 Å². The van der Waals surface area contributed by atoms with E-state index in [2.05, 4.69) is 10.6 Å². The minimum atomic E-state index is -3.43. The first-order valence-corrected chi connectivity index (χ1v) is 18.3. The summed E-state index contributed by atoms with van der Waals surface area (Å²) in [6.07, 6.45) is 3.81. The molecule has 0 radical (unpaired) electrons. The number of nitrogens with two attached hydrogens (primary N) is 1. The van der Waals surface area contributed by atoms with Crippen molar-refractivity contribution in [2.75, 3.05) is 38.2 Å². The molecule has 0 aliphatic heterocycles. The van der Waals surface area contributed by atoms with Crippen LogP contribution in [0.15, 0.2) is 41.5 Å². The summed E-state index contributed by atoms with van der Waals surface area (Å²) in [4.78, 5) is 42.0. The average molecular weight is 683 g/mol. The van der Waals surface area contributed by atoms with E-state index in [1.807, 2.05) is 27.7 Å². The smallest absolute Gasteiger partial charge is 0.244 e. The van der Waals surface area contributed by atoms with Gasteiger partial charge in [-0.05, 0) is 62.6 Å². The molecule has 4 atom stereocenters. The first kappa shape index (κ1) is 40.0. The molecule has 1 unspecified atom stereocenters. The van der Waals surface area contributed by atoms with Gasteiger partial charge in [0, 0.05) is 50.0 Å². The Hall–Kier alpha value is -3.16. The maximum atomic E-state index is 14.7. The number of nitrogens with one attached hydrogen (secondary N) is 2. The van der Waals surface area contributed by atoms with E-state index in [1.54, 1.807) is 24.0 Å². The molecule has 13 heteroatoms. The van der Waals surface area contributed by atoms with Crippen molar-refractivity contribution in [1.29, 1.82) is 0 Å². The SMILES string of the molecule is CCCN(CCC)C(=O)C1([C@H](Cc2cc(F)cc(F)c2)[C@@H](O)CN[C@@H](CCS(C)(=O)=O)C(=O)NCC(C)C)C=C(C)C=C(C(N)=O)C1. The van der Waals surface area contributed by atoms with Gasteiger partial charge >= 0.3 is 0 Å². The molecule has 47 heavy (non-hydrogen) atoms. The Morgan fingerprint density at radius 2 is 1.66 bits per heavy atom. The molecule has 0 aromatic heterocycles. The van der Waals surface area contributed by atoms with Crippen LogP contribution < -0.4 is 16.4 Å². The van der Waals surface area contributed by atoms with Crippen LogP contribution in [0.2, 0.25) is 0 Å². The number of nitrogens with zero attached hydrogens (tertiary/aromatic N) is 1. The number of allylic oxidation sites excluding steroid dienone is 2. The number of rotatable bonds is 19. The monoisotopic (exact) mass is 682 g/mol. The predicted molar refractivity (Wildman–Crippen MR) is 179 cm³/mol. The summed E-state index contributed by atoms with van der Waals surface area (Å²) >= 11 is 0. The average Bonchev–Trinajstić information content (AvgIpc) is 2.96. The molecule has 0 spiro atoms. The maximum absolute atomic E-state index is 14.7. The number of aliphatic hydroxyl groups excluding tert-OH is 1. The van der Waals surface area contributed by atoms with Crippen molar-refractivity contribution in [2.24, 2.45) is 23.0 Å². The molecular weight excluding hydrogens is 630 g/mol. The molecule has 1 aliphatic rings. The summed E-state index contributed by atoms with van der Waals surface area (Å²) in [5, 5.41) is 17.8. The van der Waals surface area contributed by atoms with Gasteiger partial charge in [0.2, 0.25) is 17.7 Å². The molecule has 0 saturated carbocycles. The van der Waals surface area contributed by atoms with E-state index < -0.39 is 56.8 Å². The number of sulfone groups is 1. The summed E-state index contributed by atoms with van der Waals surface area (Å²) in [5.41, 5.74) is 5.08. The third kappa shape index (κ3) is 12.1. The summed E-state index contributed by atoms with van der Waals surface area (Å²) in [6.45, 7) is 10.2. The molecule has 0 fully saturated rings. The normalized spacial score (nSPS) is 18.6. The van der Waals surface area contributed by atoms with Crippen molar-refractivity contribution < 1.29 is 36.7 Å². The van der Waals surface area contributed by atoms with Gasteiger partial charge in [-0.2, -0.15) is 0 Å². The van der Waals surface area contributed by atoms with E-state index in [4.69, 9.17) is 5.73 Å². The van der Waals surface area contributed by atoms with Gasteiger partial charge in [0.15, 0.2) is 0 Å². The van der Waals surface area contributed by atoms with Crippen LogP contribution in [0.5, 0.6) is 0 Å². The van der Waals surface area contributed by atoms with Gasteiger partial charge in [-0.15, -0.1) is 0 Å². The highest BCUT2D eigenvalue weighted by Gasteiger charge is 2.50. The zero-order chi connectivity index (χ0) is 35.5. The number of hydrogen-bond acceptors (Lipinski definition) is 7. The first-order valence-electron chi connectivity index (χ1n) is 16.2. The van der Waals surface area contributed by atoms with Crippen molar-refractivity contribution in [2.45, 2.75) is 78.9 Å². The Balaban J connectivity index is 2.68. The Bertz CT molecular complexity index is 1410. The van der Waals surface area contributed by atoms with Crippen LogP contribution in [-0.4, -0.2) is 86.5 Å². The number of carbonyl (C=O) groups excluding carboxylic acids is 3. The van der Waals surface area contributed by atoms with E-state index >= 15 is 0 Å². The molecule has 0 saturated heterocycles. The summed E-state index contributed by atoms with van der Waals surface area (Å²) in [5.74, 6) is -4.44. The van der Waals surface area contributed by atoms with Crippen LogP contribution in [0.25, 0.3) is 0 Å². The molecule has 3 amide bonds. The number of halogens is 2. The molecular formula is C34H52F2N4O6S. The molecule has 264 valence electrons. The van der Waals surface area contributed by atoms with Crippen LogP contribution in [-0.2, 0) is 30.6 Å². The van der Waals surface area contributed by atoms with Crippen LogP contribution in [0.1, 0.15) is 65.9 Å². The van der Waals surface area contributed by atoms with Crippen molar-refractivity contribution in [3.05, 3.63) is 58.7 Å². The number of amides is 3. The number of hydrogen-bond donors (Lipinski definition) is 4. The highest BCUT2D eigenvalue weighted by atomic mass is 32.2. The lowest BCUT2D eigenvalue weighted by molar-refractivity contribution is -0.145. The zero-order valence-electron chi connectivity index (χ0n) is 28.4. The third-order valence-electron chi connectivity index (χ3n) is 8.21. The zero-order valence-corrected chi connectivity index (χ0v) is 29.3. The lowest BCUT2D eigenvalue weighted by atomic mass is 9.63. The Morgan fingerprint density at radius 3 is 2.17 bits per heavy atom. The van der Waals surface area contributed by atoms with Gasteiger partial charge in [-0.25, -0.2) is 17.2 Å². The number of aliphatic hydroxyl groups is 1. The first-order chi connectivity index (χ1) is 21.9.